The van der Waals surface area contributed by atoms with Crippen molar-refractivity contribution in [2.45, 2.75) is 58.2 Å². The van der Waals surface area contributed by atoms with E-state index in [0.29, 0.717) is 12.6 Å². The van der Waals surface area contributed by atoms with E-state index in [0.717, 1.165) is 19.4 Å². The summed E-state index contributed by atoms with van der Waals surface area (Å²) in [6.45, 7) is 9.38. The van der Waals surface area contributed by atoms with Crippen molar-refractivity contribution in [1.29, 1.82) is 0 Å². The van der Waals surface area contributed by atoms with E-state index < -0.39 is 5.60 Å². The van der Waals surface area contributed by atoms with Crippen molar-refractivity contribution in [2.75, 3.05) is 13.1 Å². The lowest BCUT2D eigenvalue weighted by atomic mass is 10.0. The Bertz CT molecular complexity index is 482. The first kappa shape index (κ1) is 16.8. The molecule has 1 N–H and O–H groups in total. The molecule has 122 valence electrons. The van der Waals surface area contributed by atoms with Crippen LogP contribution in [-0.4, -0.2) is 35.7 Å². The summed E-state index contributed by atoms with van der Waals surface area (Å²) < 4.78 is 5.47. The van der Waals surface area contributed by atoms with Gasteiger partial charge >= 0.3 is 6.09 Å². The highest BCUT2D eigenvalue weighted by atomic mass is 16.6. The van der Waals surface area contributed by atoms with Gasteiger partial charge in [0.05, 0.1) is 0 Å². The summed E-state index contributed by atoms with van der Waals surface area (Å²) in [5, 5.41) is 3.63. The van der Waals surface area contributed by atoms with Crippen molar-refractivity contribution in [3.05, 3.63) is 35.9 Å². The molecule has 1 aromatic carbocycles. The van der Waals surface area contributed by atoms with Crippen LogP contribution in [0.4, 0.5) is 4.79 Å². The molecule has 0 spiro atoms. The fraction of sp³-hybridized carbons (Fsp3) is 0.611. The van der Waals surface area contributed by atoms with E-state index in [1.54, 1.807) is 0 Å². The Balaban J connectivity index is 1.89. The smallest absolute Gasteiger partial charge is 0.410 e. The second-order valence-corrected chi connectivity index (χ2v) is 7.06. The molecule has 0 bridgehead atoms. The Morgan fingerprint density at radius 3 is 2.64 bits per heavy atom. The van der Waals surface area contributed by atoms with Crippen molar-refractivity contribution in [3.63, 3.8) is 0 Å². The SMILES string of the molecule is C[C@H](N[C@@H]1CCCN(C(=O)OC(C)(C)C)C1)c1ccccc1. The third kappa shape index (κ3) is 5.02. The van der Waals surface area contributed by atoms with Gasteiger partial charge in [0.1, 0.15) is 5.60 Å². The number of carbonyl (C=O) groups is 1. The molecule has 22 heavy (non-hydrogen) atoms. The van der Waals surface area contributed by atoms with Crippen LogP contribution in [0.15, 0.2) is 30.3 Å². The van der Waals surface area contributed by atoms with Crippen LogP contribution in [-0.2, 0) is 4.74 Å². The maximum atomic E-state index is 12.2. The molecule has 4 nitrogen and oxygen atoms in total. The van der Waals surface area contributed by atoms with Crippen LogP contribution in [0.25, 0.3) is 0 Å². The number of rotatable bonds is 3. The molecule has 1 aliphatic heterocycles. The Labute approximate surface area is 133 Å². The molecule has 2 rings (SSSR count). The molecule has 0 aromatic heterocycles. The first-order chi connectivity index (χ1) is 10.3. The molecule has 1 heterocycles. The molecule has 1 amide bonds. The lowest BCUT2D eigenvalue weighted by Crippen LogP contribution is -2.49. The van der Waals surface area contributed by atoms with Gasteiger partial charge in [-0.1, -0.05) is 30.3 Å². The number of nitrogens with one attached hydrogen (secondary N) is 1. The van der Waals surface area contributed by atoms with Gasteiger partial charge in [0.2, 0.25) is 0 Å². The molecular formula is C18H28N2O2. The zero-order valence-corrected chi connectivity index (χ0v) is 14.1. The summed E-state index contributed by atoms with van der Waals surface area (Å²) in [5.41, 5.74) is 0.839. The van der Waals surface area contributed by atoms with E-state index in [-0.39, 0.29) is 12.1 Å². The maximum absolute atomic E-state index is 12.2. The fourth-order valence-corrected chi connectivity index (χ4v) is 2.80. The Morgan fingerprint density at radius 2 is 2.00 bits per heavy atom. The summed E-state index contributed by atoms with van der Waals surface area (Å²) in [6, 6.07) is 11.0. The minimum atomic E-state index is -0.436. The Hall–Kier alpha value is -1.55. The lowest BCUT2D eigenvalue weighted by molar-refractivity contribution is 0.0184. The molecule has 1 saturated heterocycles. The van der Waals surface area contributed by atoms with Crippen molar-refractivity contribution >= 4 is 6.09 Å². The Kier molecular flexibility index (Phi) is 5.46. The second kappa shape index (κ2) is 7.14. The van der Waals surface area contributed by atoms with Crippen LogP contribution in [0, 0.1) is 0 Å². The number of hydrogen-bond donors (Lipinski definition) is 1. The van der Waals surface area contributed by atoms with E-state index in [1.807, 2.05) is 31.7 Å². The number of likely N-dealkylation sites (tertiary alicyclic amines) is 1. The summed E-state index contributed by atoms with van der Waals surface area (Å²) in [4.78, 5) is 14.0. The summed E-state index contributed by atoms with van der Waals surface area (Å²) >= 11 is 0. The van der Waals surface area contributed by atoms with Crippen molar-refractivity contribution in [3.8, 4) is 0 Å². The van der Waals surface area contributed by atoms with Gasteiger partial charge in [-0.25, -0.2) is 4.79 Å². The molecule has 1 aliphatic rings. The van der Waals surface area contributed by atoms with Gasteiger partial charge in [-0.15, -0.1) is 0 Å². The van der Waals surface area contributed by atoms with Gasteiger partial charge in [-0.05, 0) is 46.1 Å². The zero-order chi connectivity index (χ0) is 16.2. The molecule has 0 aliphatic carbocycles. The number of carbonyl (C=O) groups excluding carboxylic acids is 1. The molecule has 1 aromatic rings. The first-order valence-corrected chi connectivity index (χ1v) is 8.14. The number of piperidine rings is 1. The fourth-order valence-electron chi connectivity index (χ4n) is 2.80. The van der Waals surface area contributed by atoms with Gasteiger partial charge in [0.15, 0.2) is 0 Å². The predicted octanol–water partition coefficient (Wildman–Crippen LogP) is 3.74. The van der Waals surface area contributed by atoms with Gasteiger partial charge in [-0.3, -0.25) is 0 Å². The van der Waals surface area contributed by atoms with E-state index in [1.165, 1.54) is 5.56 Å². The van der Waals surface area contributed by atoms with Gasteiger partial charge in [0, 0.05) is 25.2 Å². The quantitative estimate of drug-likeness (QED) is 0.925. The van der Waals surface area contributed by atoms with Crippen LogP contribution < -0.4 is 5.32 Å². The average molecular weight is 304 g/mol. The molecule has 1 fully saturated rings. The third-order valence-electron chi connectivity index (χ3n) is 3.86. The molecular weight excluding hydrogens is 276 g/mol. The third-order valence-corrected chi connectivity index (χ3v) is 3.86. The number of hydrogen-bond acceptors (Lipinski definition) is 3. The minimum Gasteiger partial charge on any atom is -0.444 e. The van der Waals surface area contributed by atoms with Crippen molar-refractivity contribution < 1.29 is 9.53 Å². The number of amides is 1. The van der Waals surface area contributed by atoms with Crippen LogP contribution in [0.3, 0.4) is 0 Å². The monoisotopic (exact) mass is 304 g/mol. The second-order valence-electron chi connectivity index (χ2n) is 7.06. The standard InChI is InChI=1S/C18H28N2O2/c1-14(15-9-6-5-7-10-15)19-16-11-8-12-20(13-16)17(21)22-18(2,3)4/h5-7,9-10,14,16,19H,8,11-13H2,1-4H3/t14-,16+/m0/s1. The van der Waals surface area contributed by atoms with Crippen molar-refractivity contribution in [1.82, 2.24) is 10.2 Å². The first-order valence-electron chi connectivity index (χ1n) is 8.14. The van der Waals surface area contributed by atoms with Crippen LogP contribution in [0.1, 0.15) is 52.1 Å². The highest BCUT2D eigenvalue weighted by molar-refractivity contribution is 5.68. The summed E-state index contributed by atoms with van der Waals surface area (Å²) in [7, 11) is 0. The molecule has 2 atom stereocenters. The maximum Gasteiger partial charge on any atom is 0.410 e. The van der Waals surface area contributed by atoms with Crippen LogP contribution >= 0.6 is 0 Å². The van der Waals surface area contributed by atoms with E-state index in [2.05, 4.69) is 36.5 Å². The molecule has 4 heteroatoms. The van der Waals surface area contributed by atoms with E-state index in [4.69, 9.17) is 4.74 Å². The van der Waals surface area contributed by atoms with Gasteiger partial charge in [-0.2, -0.15) is 0 Å². The Morgan fingerprint density at radius 1 is 1.32 bits per heavy atom. The van der Waals surface area contributed by atoms with Gasteiger partial charge in [0.25, 0.3) is 0 Å². The van der Waals surface area contributed by atoms with Crippen LogP contribution in [0.5, 0.6) is 0 Å². The summed E-state index contributed by atoms with van der Waals surface area (Å²) in [6.07, 6.45) is 1.90. The van der Waals surface area contributed by atoms with Crippen molar-refractivity contribution in [2.24, 2.45) is 0 Å². The lowest BCUT2D eigenvalue weighted by Gasteiger charge is -2.35. The van der Waals surface area contributed by atoms with E-state index >= 15 is 0 Å². The topological polar surface area (TPSA) is 41.6 Å². The number of benzene rings is 1. The van der Waals surface area contributed by atoms with Crippen LogP contribution in [0.2, 0.25) is 0 Å². The average Bonchev–Trinajstić information content (AvgIpc) is 2.46. The number of ether oxygens (including phenoxy) is 1. The number of nitrogens with zero attached hydrogens (tertiary/aromatic N) is 1. The summed E-state index contributed by atoms with van der Waals surface area (Å²) in [5.74, 6) is 0. The highest BCUT2D eigenvalue weighted by Crippen LogP contribution is 2.18. The minimum absolute atomic E-state index is 0.202. The molecule has 0 saturated carbocycles. The normalized spacial score (nSPS) is 20.5. The van der Waals surface area contributed by atoms with Gasteiger partial charge < -0.3 is 15.0 Å². The zero-order valence-electron chi connectivity index (χ0n) is 14.1. The largest absolute Gasteiger partial charge is 0.444 e. The highest BCUT2D eigenvalue weighted by Gasteiger charge is 2.28. The predicted molar refractivity (Wildman–Crippen MR) is 88.8 cm³/mol. The molecule has 0 radical (unpaired) electrons. The van der Waals surface area contributed by atoms with E-state index in [9.17, 15) is 4.79 Å². The molecule has 0 unspecified atom stereocenters.